The number of carbonyl (C=O) groups is 2. The van der Waals surface area contributed by atoms with E-state index in [2.05, 4.69) is 31.8 Å². The highest BCUT2D eigenvalue weighted by atomic mass is 79.9. The van der Waals surface area contributed by atoms with E-state index in [0.717, 1.165) is 11.1 Å². The van der Waals surface area contributed by atoms with Crippen LogP contribution in [0.1, 0.15) is 30.5 Å². The highest BCUT2D eigenvalue weighted by Gasteiger charge is 2.16. The van der Waals surface area contributed by atoms with Crippen LogP contribution in [0.2, 0.25) is 10.0 Å². The lowest BCUT2D eigenvalue weighted by atomic mass is 10.1. The van der Waals surface area contributed by atoms with E-state index in [4.69, 9.17) is 37.4 Å². The first-order valence-corrected chi connectivity index (χ1v) is 13.5. The van der Waals surface area contributed by atoms with E-state index in [-0.39, 0.29) is 18.9 Å². The predicted octanol–water partition coefficient (Wildman–Crippen LogP) is 5.94. The molecule has 39 heavy (non-hydrogen) atoms. The lowest BCUT2D eigenvalue weighted by molar-refractivity contribution is -0.128. The van der Waals surface area contributed by atoms with E-state index >= 15 is 0 Å². The van der Waals surface area contributed by atoms with E-state index in [1.807, 2.05) is 6.92 Å². The molecule has 0 aliphatic heterocycles. The number of hydrogen-bond acceptors (Lipinski definition) is 6. The largest absolute Gasteiger partial charge is 0.497 e. The first-order chi connectivity index (χ1) is 18.7. The standard InChI is InChI=1S/C28H28BrCl2N3O5/c1-4-38-25-12-19(11-23(29)27(25)39-16-20-7-8-21(30)14-24(20)31)15-32-34-28(36)17(2)33-26(35)13-18-5-9-22(37-3)10-6-18/h5-12,14-15,17H,4,13,16H2,1-3H3,(H,33,35)(H,34,36). The van der Waals surface area contributed by atoms with Crippen molar-refractivity contribution in [3.63, 3.8) is 0 Å². The van der Waals surface area contributed by atoms with E-state index in [1.54, 1.807) is 68.6 Å². The molecule has 0 aromatic heterocycles. The SMILES string of the molecule is CCOc1cc(C=NNC(=O)C(C)NC(=O)Cc2ccc(OC)cc2)cc(Br)c1OCc1ccc(Cl)cc1Cl. The molecule has 3 aromatic rings. The molecule has 1 unspecified atom stereocenters. The Labute approximate surface area is 245 Å². The zero-order valence-corrected chi connectivity index (χ0v) is 24.7. The van der Waals surface area contributed by atoms with Crippen LogP contribution < -0.4 is 25.0 Å². The summed E-state index contributed by atoms with van der Waals surface area (Å²) in [5.41, 5.74) is 4.67. The van der Waals surface area contributed by atoms with Crippen molar-refractivity contribution < 1.29 is 23.8 Å². The molecule has 2 amide bonds. The van der Waals surface area contributed by atoms with Gasteiger partial charge in [-0.1, -0.05) is 41.4 Å². The van der Waals surface area contributed by atoms with Crippen LogP contribution in [0.3, 0.4) is 0 Å². The Balaban J connectivity index is 1.58. The Hall–Kier alpha value is -3.27. The number of ether oxygens (including phenoxy) is 3. The quantitative estimate of drug-likeness (QED) is 0.189. The molecule has 0 bridgehead atoms. The fourth-order valence-electron chi connectivity index (χ4n) is 3.41. The summed E-state index contributed by atoms with van der Waals surface area (Å²) in [5.74, 6) is 0.946. The van der Waals surface area contributed by atoms with Crippen molar-refractivity contribution in [1.82, 2.24) is 10.7 Å². The second-order valence-electron chi connectivity index (χ2n) is 8.34. The minimum absolute atomic E-state index is 0.137. The molecule has 206 valence electrons. The number of benzene rings is 3. The van der Waals surface area contributed by atoms with Gasteiger partial charge in [-0.2, -0.15) is 5.10 Å². The number of hydrogen-bond donors (Lipinski definition) is 2. The maximum Gasteiger partial charge on any atom is 0.262 e. The molecular formula is C28H28BrCl2N3O5. The predicted molar refractivity (Wildman–Crippen MR) is 156 cm³/mol. The van der Waals surface area contributed by atoms with Crippen LogP contribution >= 0.6 is 39.1 Å². The summed E-state index contributed by atoms with van der Waals surface area (Å²) in [5, 5.41) is 7.73. The highest BCUT2D eigenvalue weighted by Crippen LogP contribution is 2.37. The molecule has 0 fully saturated rings. The van der Waals surface area contributed by atoms with Gasteiger partial charge in [-0.3, -0.25) is 9.59 Å². The number of amides is 2. The summed E-state index contributed by atoms with van der Waals surface area (Å²) in [7, 11) is 1.58. The van der Waals surface area contributed by atoms with Crippen LogP contribution in [-0.4, -0.2) is 37.8 Å². The fraction of sp³-hybridized carbons (Fsp3) is 0.250. The molecule has 11 heteroatoms. The second-order valence-corrected chi connectivity index (χ2v) is 10.0. The summed E-state index contributed by atoms with van der Waals surface area (Å²) in [6.07, 6.45) is 1.61. The molecule has 1 atom stereocenters. The molecular weight excluding hydrogens is 609 g/mol. The Morgan fingerprint density at radius 2 is 1.82 bits per heavy atom. The number of nitrogens with one attached hydrogen (secondary N) is 2. The van der Waals surface area contributed by atoms with Gasteiger partial charge in [0, 0.05) is 15.6 Å². The minimum Gasteiger partial charge on any atom is -0.497 e. The molecule has 0 radical (unpaired) electrons. The molecule has 0 saturated heterocycles. The van der Waals surface area contributed by atoms with Crippen LogP contribution in [0.15, 0.2) is 64.2 Å². The number of hydrazone groups is 1. The Bertz CT molecular complexity index is 1340. The van der Waals surface area contributed by atoms with Gasteiger partial charge in [-0.25, -0.2) is 5.43 Å². The summed E-state index contributed by atoms with van der Waals surface area (Å²) in [6, 6.07) is 15.1. The van der Waals surface area contributed by atoms with Crippen molar-refractivity contribution in [1.29, 1.82) is 0 Å². The molecule has 0 spiro atoms. The van der Waals surface area contributed by atoms with E-state index in [9.17, 15) is 9.59 Å². The number of halogens is 3. The van der Waals surface area contributed by atoms with Crippen molar-refractivity contribution in [2.45, 2.75) is 32.9 Å². The number of rotatable bonds is 12. The van der Waals surface area contributed by atoms with Crippen LogP contribution in [-0.2, 0) is 22.6 Å². The van der Waals surface area contributed by atoms with Gasteiger partial charge in [0.25, 0.3) is 5.91 Å². The molecule has 0 aliphatic carbocycles. The van der Waals surface area contributed by atoms with Crippen LogP contribution in [0.25, 0.3) is 0 Å². The zero-order chi connectivity index (χ0) is 28.4. The first-order valence-electron chi connectivity index (χ1n) is 12.0. The monoisotopic (exact) mass is 635 g/mol. The van der Waals surface area contributed by atoms with Gasteiger partial charge in [-0.15, -0.1) is 0 Å². The summed E-state index contributed by atoms with van der Waals surface area (Å²) in [4.78, 5) is 24.8. The Morgan fingerprint density at radius 3 is 2.49 bits per heavy atom. The molecule has 3 aromatic carbocycles. The van der Waals surface area contributed by atoms with Crippen LogP contribution in [0.5, 0.6) is 17.2 Å². The average molecular weight is 637 g/mol. The topological polar surface area (TPSA) is 98.2 Å². The minimum atomic E-state index is -0.783. The van der Waals surface area contributed by atoms with Gasteiger partial charge in [0.1, 0.15) is 18.4 Å². The van der Waals surface area contributed by atoms with Gasteiger partial charge in [0.2, 0.25) is 5.91 Å². The smallest absolute Gasteiger partial charge is 0.262 e. The average Bonchev–Trinajstić information content (AvgIpc) is 2.89. The second kappa shape index (κ2) is 14.8. The molecule has 0 aliphatic rings. The molecule has 8 nitrogen and oxygen atoms in total. The summed E-state index contributed by atoms with van der Waals surface area (Å²) in [6.45, 7) is 4.06. The van der Waals surface area contributed by atoms with Crippen molar-refractivity contribution in [3.05, 3.63) is 85.8 Å². The molecule has 0 heterocycles. The number of carbonyl (C=O) groups excluding carboxylic acids is 2. The highest BCUT2D eigenvalue weighted by molar-refractivity contribution is 9.10. The van der Waals surface area contributed by atoms with Crippen molar-refractivity contribution >= 4 is 57.2 Å². The van der Waals surface area contributed by atoms with Gasteiger partial charge < -0.3 is 19.5 Å². The van der Waals surface area contributed by atoms with Gasteiger partial charge in [-0.05, 0) is 77.3 Å². The normalized spacial score (nSPS) is 11.6. The van der Waals surface area contributed by atoms with Gasteiger partial charge in [0.05, 0.1) is 30.8 Å². The van der Waals surface area contributed by atoms with Gasteiger partial charge >= 0.3 is 0 Å². The summed E-state index contributed by atoms with van der Waals surface area (Å²) >= 11 is 15.7. The van der Waals surface area contributed by atoms with Crippen molar-refractivity contribution in [2.75, 3.05) is 13.7 Å². The van der Waals surface area contributed by atoms with E-state index in [0.29, 0.717) is 43.9 Å². The van der Waals surface area contributed by atoms with E-state index in [1.165, 1.54) is 6.21 Å². The fourth-order valence-corrected chi connectivity index (χ4v) is 4.45. The molecule has 3 rings (SSSR count). The Morgan fingerprint density at radius 1 is 1.08 bits per heavy atom. The Kier molecular flexibility index (Phi) is 11.5. The lowest BCUT2D eigenvalue weighted by Crippen LogP contribution is -2.43. The summed E-state index contributed by atoms with van der Waals surface area (Å²) < 4.78 is 17.5. The van der Waals surface area contributed by atoms with Crippen LogP contribution in [0.4, 0.5) is 0 Å². The molecule has 2 N–H and O–H groups in total. The van der Waals surface area contributed by atoms with Crippen LogP contribution in [0, 0.1) is 0 Å². The third-order valence-corrected chi connectivity index (χ3v) is 6.58. The number of methoxy groups -OCH3 is 1. The zero-order valence-electron chi connectivity index (χ0n) is 21.6. The first kappa shape index (κ1) is 30.3. The third-order valence-electron chi connectivity index (χ3n) is 5.40. The van der Waals surface area contributed by atoms with Crippen molar-refractivity contribution in [3.8, 4) is 17.2 Å². The third kappa shape index (κ3) is 9.16. The van der Waals surface area contributed by atoms with Gasteiger partial charge in [0.15, 0.2) is 11.5 Å². The maximum atomic E-state index is 12.4. The molecule has 0 saturated carbocycles. The lowest BCUT2D eigenvalue weighted by Gasteiger charge is -2.15. The van der Waals surface area contributed by atoms with Crippen molar-refractivity contribution in [2.24, 2.45) is 5.10 Å². The number of nitrogens with zero attached hydrogens (tertiary/aromatic N) is 1. The van der Waals surface area contributed by atoms with E-state index < -0.39 is 11.9 Å². The maximum absolute atomic E-state index is 12.4.